The predicted octanol–water partition coefficient (Wildman–Crippen LogP) is 3.36. The lowest BCUT2D eigenvalue weighted by molar-refractivity contribution is -0.137. The minimum Gasteiger partial charge on any atom is -0.481 e. The van der Waals surface area contributed by atoms with Crippen molar-refractivity contribution in [2.24, 2.45) is 0 Å². The van der Waals surface area contributed by atoms with Crippen molar-refractivity contribution < 1.29 is 22.7 Å². The highest BCUT2D eigenvalue weighted by atomic mass is 19.4. The molecule has 1 amide bonds. The first-order chi connectivity index (χ1) is 9.90. The molecular weight excluding hydrogens is 285 g/mol. The summed E-state index contributed by atoms with van der Waals surface area (Å²) in [6.07, 6.45) is -3.18. The highest BCUT2D eigenvalue weighted by Gasteiger charge is 2.30. The maximum atomic E-state index is 12.6. The Morgan fingerprint density at radius 1 is 1.24 bits per heavy atom. The molecule has 0 aliphatic rings. The molecule has 110 valence electrons. The van der Waals surface area contributed by atoms with E-state index in [-0.39, 0.29) is 11.3 Å². The van der Waals surface area contributed by atoms with Crippen LogP contribution in [0.2, 0.25) is 0 Å². The molecule has 0 unspecified atom stereocenters. The Labute approximate surface area is 118 Å². The molecule has 0 aliphatic heterocycles. The first-order valence-electron chi connectivity index (χ1n) is 5.89. The van der Waals surface area contributed by atoms with E-state index in [2.05, 4.69) is 10.3 Å². The van der Waals surface area contributed by atoms with Crippen molar-refractivity contribution in [1.29, 1.82) is 0 Å². The van der Waals surface area contributed by atoms with Crippen molar-refractivity contribution in [2.75, 3.05) is 12.4 Å². The van der Waals surface area contributed by atoms with Crippen LogP contribution in [0.1, 0.15) is 15.9 Å². The van der Waals surface area contributed by atoms with Crippen LogP contribution in [-0.2, 0) is 6.18 Å². The van der Waals surface area contributed by atoms with Gasteiger partial charge in [-0.05, 0) is 24.3 Å². The average molecular weight is 296 g/mol. The van der Waals surface area contributed by atoms with Gasteiger partial charge in [0.15, 0.2) is 0 Å². The molecule has 2 aromatic rings. The summed E-state index contributed by atoms with van der Waals surface area (Å²) in [5.74, 6) is -0.213. The van der Waals surface area contributed by atoms with Gasteiger partial charge in [-0.1, -0.05) is 6.07 Å². The summed E-state index contributed by atoms with van der Waals surface area (Å²) >= 11 is 0. The number of carbonyl (C=O) groups is 1. The van der Waals surface area contributed by atoms with E-state index in [1.165, 1.54) is 37.6 Å². The van der Waals surface area contributed by atoms with Crippen LogP contribution in [0.15, 0.2) is 42.6 Å². The first-order valence-corrected chi connectivity index (χ1v) is 5.89. The molecule has 1 aromatic heterocycles. The fourth-order valence-electron chi connectivity index (χ4n) is 1.61. The molecule has 1 heterocycles. The quantitative estimate of drug-likeness (QED) is 0.945. The maximum absolute atomic E-state index is 12.6. The van der Waals surface area contributed by atoms with Gasteiger partial charge in [-0.25, -0.2) is 4.98 Å². The van der Waals surface area contributed by atoms with Crippen LogP contribution >= 0.6 is 0 Å². The molecule has 1 aromatic carbocycles. The van der Waals surface area contributed by atoms with Crippen LogP contribution in [-0.4, -0.2) is 18.0 Å². The van der Waals surface area contributed by atoms with Crippen molar-refractivity contribution in [2.45, 2.75) is 6.18 Å². The molecule has 0 radical (unpaired) electrons. The van der Waals surface area contributed by atoms with Crippen molar-refractivity contribution in [3.8, 4) is 5.88 Å². The van der Waals surface area contributed by atoms with Gasteiger partial charge in [0, 0.05) is 18.0 Å². The second kappa shape index (κ2) is 5.82. The largest absolute Gasteiger partial charge is 0.481 e. The van der Waals surface area contributed by atoms with E-state index in [0.717, 1.165) is 12.1 Å². The number of carbonyl (C=O) groups excluding carboxylic acids is 1. The van der Waals surface area contributed by atoms with E-state index in [1.54, 1.807) is 0 Å². The Balaban J connectivity index is 2.15. The SMILES string of the molecule is COc1ccc(C(=O)Nc2cccc(C(F)(F)F)c2)cn1. The van der Waals surface area contributed by atoms with Crippen LogP contribution in [0.5, 0.6) is 5.88 Å². The average Bonchev–Trinajstić information content (AvgIpc) is 2.47. The number of halogens is 3. The van der Waals surface area contributed by atoms with Crippen LogP contribution in [0.4, 0.5) is 18.9 Å². The molecular formula is C14H11F3N2O2. The fraction of sp³-hybridized carbons (Fsp3) is 0.143. The van der Waals surface area contributed by atoms with E-state index in [1.807, 2.05) is 0 Å². The molecule has 0 fully saturated rings. The van der Waals surface area contributed by atoms with Gasteiger partial charge in [0.25, 0.3) is 5.91 Å². The monoisotopic (exact) mass is 296 g/mol. The fourth-order valence-corrected chi connectivity index (χ4v) is 1.61. The lowest BCUT2D eigenvalue weighted by Crippen LogP contribution is -2.13. The zero-order valence-corrected chi connectivity index (χ0v) is 10.9. The number of anilines is 1. The number of rotatable bonds is 3. The number of pyridine rings is 1. The van der Waals surface area contributed by atoms with Gasteiger partial charge in [-0.2, -0.15) is 13.2 Å². The highest BCUT2D eigenvalue weighted by Crippen LogP contribution is 2.30. The summed E-state index contributed by atoms with van der Waals surface area (Å²) in [6, 6.07) is 7.37. The molecule has 0 saturated carbocycles. The van der Waals surface area contributed by atoms with Crippen LogP contribution in [0.25, 0.3) is 0 Å². The van der Waals surface area contributed by atoms with Gasteiger partial charge in [0.2, 0.25) is 5.88 Å². The molecule has 0 saturated heterocycles. The molecule has 1 N–H and O–H groups in total. The first kappa shape index (κ1) is 14.8. The number of amides is 1. The van der Waals surface area contributed by atoms with Crippen molar-refractivity contribution >= 4 is 11.6 Å². The number of hydrogen-bond donors (Lipinski definition) is 1. The zero-order valence-electron chi connectivity index (χ0n) is 10.9. The number of ether oxygens (including phenoxy) is 1. The molecule has 7 heteroatoms. The number of alkyl halides is 3. The van der Waals surface area contributed by atoms with Gasteiger partial charge in [-0.3, -0.25) is 4.79 Å². The normalized spacial score (nSPS) is 11.0. The Morgan fingerprint density at radius 3 is 2.57 bits per heavy atom. The third kappa shape index (κ3) is 3.71. The minimum absolute atomic E-state index is 0.0608. The second-order valence-electron chi connectivity index (χ2n) is 4.12. The van der Waals surface area contributed by atoms with Crippen molar-refractivity contribution in [3.05, 3.63) is 53.7 Å². The van der Waals surface area contributed by atoms with Gasteiger partial charge >= 0.3 is 6.18 Å². The van der Waals surface area contributed by atoms with Crippen molar-refractivity contribution in [1.82, 2.24) is 4.98 Å². The van der Waals surface area contributed by atoms with E-state index < -0.39 is 17.6 Å². The molecule has 2 rings (SSSR count). The molecule has 4 nitrogen and oxygen atoms in total. The van der Waals surface area contributed by atoms with E-state index >= 15 is 0 Å². The zero-order chi connectivity index (χ0) is 15.5. The van der Waals surface area contributed by atoms with E-state index in [9.17, 15) is 18.0 Å². The smallest absolute Gasteiger partial charge is 0.416 e. The number of benzene rings is 1. The maximum Gasteiger partial charge on any atom is 0.416 e. The molecule has 21 heavy (non-hydrogen) atoms. The standard InChI is InChI=1S/C14H11F3N2O2/c1-21-12-6-5-9(8-18-12)13(20)19-11-4-2-3-10(7-11)14(15,16)17/h2-8H,1H3,(H,19,20). The summed E-state index contributed by atoms with van der Waals surface area (Å²) in [4.78, 5) is 15.8. The molecule has 0 bridgehead atoms. The number of methoxy groups -OCH3 is 1. The van der Waals surface area contributed by atoms with Crippen LogP contribution in [0.3, 0.4) is 0 Å². The lowest BCUT2D eigenvalue weighted by atomic mass is 10.2. The number of nitrogens with zero attached hydrogens (tertiary/aromatic N) is 1. The van der Waals surface area contributed by atoms with Crippen LogP contribution < -0.4 is 10.1 Å². The summed E-state index contributed by atoms with van der Waals surface area (Å²) in [5.41, 5.74) is -0.549. The number of nitrogens with one attached hydrogen (secondary N) is 1. The Morgan fingerprint density at radius 2 is 2.00 bits per heavy atom. The Bertz CT molecular complexity index is 639. The van der Waals surface area contributed by atoms with Gasteiger partial charge in [0.1, 0.15) is 0 Å². The Kier molecular flexibility index (Phi) is 4.11. The van der Waals surface area contributed by atoms with Gasteiger partial charge in [-0.15, -0.1) is 0 Å². The third-order valence-electron chi connectivity index (χ3n) is 2.66. The van der Waals surface area contributed by atoms with E-state index in [4.69, 9.17) is 4.74 Å². The summed E-state index contributed by atoms with van der Waals surface area (Å²) in [6.45, 7) is 0. The Hall–Kier alpha value is -2.57. The topological polar surface area (TPSA) is 51.2 Å². The van der Waals surface area contributed by atoms with Crippen LogP contribution in [0, 0.1) is 0 Å². The highest BCUT2D eigenvalue weighted by molar-refractivity contribution is 6.04. The van der Waals surface area contributed by atoms with Crippen molar-refractivity contribution in [3.63, 3.8) is 0 Å². The van der Waals surface area contributed by atoms with E-state index in [0.29, 0.717) is 5.88 Å². The third-order valence-corrected chi connectivity index (χ3v) is 2.66. The summed E-state index contributed by atoms with van der Waals surface area (Å²) in [5, 5.41) is 2.39. The number of hydrogen-bond acceptors (Lipinski definition) is 3. The van der Waals surface area contributed by atoms with Gasteiger partial charge in [0.05, 0.1) is 18.2 Å². The molecule has 0 spiro atoms. The summed E-state index contributed by atoms with van der Waals surface area (Å²) in [7, 11) is 1.44. The molecule has 0 atom stereocenters. The number of aromatic nitrogens is 1. The summed E-state index contributed by atoms with van der Waals surface area (Å²) < 4.78 is 42.6. The predicted molar refractivity (Wildman–Crippen MR) is 70.2 cm³/mol. The lowest BCUT2D eigenvalue weighted by Gasteiger charge is -2.10. The van der Waals surface area contributed by atoms with Gasteiger partial charge < -0.3 is 10.1 Å². The minimum atomic E-state index is -4.46. The second-order valence-corrected chi connectivity index (χ2v) is 4.12. The molecule has 0 aliphatic carbocycles.